The van der Waals surface area contributed by atoms with Crippen LogP contribution in [-0.4, -0.2) is 46.8 Å². The molecule has 5 nitrogen and oxygen atoms in total. The molecule has 2 rings (SSSR count). The Balaban J connectivity index is 2.01. The van der Waals surface area contributed by atoms with Crippen molar-refractivity contribution < 1.29 is 4.74 Å². The Hall–Kier alpha value is -0.910. The highest BCUT2D eigenvalue weighted by Crippen LogP contribution is 2.19. The first-order valence-electron chi connectivity index (χ1n) is 7.36. The minimum absolute atomic E-state index is 0.0540. The van der Waals surface area contributed by atoms with Gasteiger partial charge in [0.25, 0.3) is 0 Å². The molecular weight excluding hydrogens is 240 g/mol. The summed E-state index contributed by atoms with van der Waals surface area (Å²) < 4.78 is 8.00. The van der Waals surface area contributed by atoms with Crippen molar-refractivity contribution in [2.45, 2.75) is 45.4 Å². The molecule has 0 aromatic carbocycles. The van der Waals surface area contributed by atoms with Crippen molar-refractivity contribution in [1.82, 2.24) is 14.5 Å². The predicted molar refractivity (Wildman–Crippen MR) is 75.9 cm³/mol. The molecule has 0 amide bonds. The van der Waals surface area contributed by atoms with Crippen LogP contribution in [0.25, 0.3) is 0 Å². The summed E-state index contributed by atoms with van der Waals surface area (Å²) in [6.45, 7) is 9.15. The monoisotopic (exact) mass is 266 g/mol. The van der Waals surface area contributed by atoms with Gasteiger partial charge in [-0.05, 0) is 19.4 Å². The van der Waals surface area contributed by atoms with Crippen LogP contribution in [0.15, 0.2) is 12.4 Å². The highest BCUT2D eigenvalue weighted by molar-refractivity contribution is 5.02. The van der Waals surface area contributed by atoms with Crippen molar-refractivity contribution in [2.75, 3.05) is 26.2 Å². The van der Waals surface area contributed by atoms with Crippen LogP contribution in [0.4, 0.5) is 0 Å². The maximum Gasteiger partial charge on any atom is 0.128 e. The van der Waals surface area contributed by atoms with Gasteiger partial charge in [0.2, 0.25) is 0 Å². The van der Waals surface area contributed by atoms with Crippen molar-refractivity contribution in [3.05, 3.63) is 18.2 Å². The third-order valence-corrected chi connectivity index (χ3v) is 3.63. The fraction of sp³-hybridized carbons (Fsp3) is 0.786. The summed E-state index contributed by atoms with van der Waals surface area (Å²) in [5.41, 5.74) is 6.37. The summed E-state index contributed by atoms with van der Waals surface area (Å²) >= 11 is 0. The van der Waals surface area contributed by atoms with Gasteiger partial charge in [0.05, 0.1) is 18.8 Å². The minimum Gasteiger partial charge on any atom is -0.373 e. The van der Waals surface area contributed by atoms with E-state index >= 15 is 0 Å². The molecule has 1 fully saturated rings. The van der Waals surface area contributed by atoms with Gasteiger partial charge in [0.15, 0.2) is 0 Å². The Labute approximate surface area is 115 Å². The van der Waals surface area contributed by atoms with Gasteiger partial charge in [-0.15, -0.1) is 0 Å². The second-order valence-corrected chi connectivity index (χ2v) is 5.21. The van der Waals surface area contributed by atoms with E-state index in [0.717, 1.165) is 45.0 Å². The summed E-state index contributed by atoms with van der Waals surface area (Å²) in [5, 5.41) is 0. The van der Waals surface area contributed by atoms with Gasteiger partial charge in [0, 0.05) is 32.0 Å². The number of hydrogen-bond acceptors (Lipinski definition) is 4. The zero-order valence-electron chi connectivity index (χ0n) is 12.1. The van der Waals surface area contributed by atoms with E-state index in [1.54, 1.807) is 0 Å². The van der Waals surface area contributed by atoms with Gasteiger partial charge < -0.3 is 15.0 Å². The largest absolute Gasteiger partial charge is 0.373 e. The number of hydrogen-bond donors (Lipinski definition) is 1. The number of morpholine rings is 1. The average molecular weight is 266 g/mol. The maximum atomic E-state index is 6.37. The number of ether oxygens (including phenoxy) is 1. The molecule has 2 atom stereocenters. The molecule has 0 aliphatic carbocycles. The molecule has 0 bridgehead atoms. The van der Waals surface area contributed by atoms with Crippen molar-refractivity contribution in [3.8, 4) is 0 Å². The number of aromatic nitrogens is 2. The van der Waals surface area contributed by atoms with Crippen molar-refractivity contribution in [2.24, 2.45) is 5.73 Å². The van der Waals surface area contributed by atoms with Gasteiger partial charge in [-0.1, -0.05) is 13.8 Å². The van der Waals surface area contributed by atoms with Gasteiger partial charge >= 0.3 is 0 Å². The normalized spacial score (nSPS) is 22.6. The maximum absolute atomic E-state index is 6.37. The molecule has 1 aromatic rings. The Morgan fingerprint density at radius 1 is 1.42 bits per heavy atom. The Morgan fingerprint density at radius 3 is 2.95 bits per heavy atom. The van der Waals surface area contributed by atoms with Crippen LogP contribution < -0.4 is 5.73 Å². The molecular formula is C14H26N4O. The molecule has 1 saturated heterocycles. The average Bonchev–Trinajstić information content (AvgIpc) is 2.87. The van der Waals surface area contributed by atoms with Gasteiger partial charge in [-0.25, -0.2) is 4.98 Å². The fourth-order valence-electron chi connectivity index (χ4n) is 2.68. The van der Waals surface area contributed by atoms with Crippen LogP contribution in [0.3, 0.4) is 0 Å². The highest BCUT2D eigenvalue weighted by Gasteiger charge is 2.28. The quantitative estimate of drug-likeness (QED) is 0.845. The molecule has 5 heteroatoms. The molecule has 2 N–H and O–H groups in total. The smallest absolute Gasteiger partial charge is 0.128 e. The van der Waals surface area contributed by atoms with Crippen molar-refractivity contribution in [1.29, 1.82) is 0 Å². The van der Waals surface area contributed by atoms with Gasteiger partial charge in [-0.3, -0.25) is 4.90 Å². The molecule has 0 spiro atoms. The van der Waals surface area contributed by atoms with Crippen LogP contribution in [0, 0.1) is 0 Å². The molecule has 0 saturated carbocycles. The minimum atomic E-state index is -0.138. The fourth-order valence-corrected chi connectivity index (χ4v) is 2.68. The molecule has 0 radical (unpaired) electrons. The summed E-state index contributed by atoms with van der Waals surface area (Å²) in [6.07, 6.45) is 6.15. The molecule has 108 valence electrons. The first-order valence-corrected chi connectivity index (χ1v) is 7.36. The second-order valence-electron chi connectivity index (χ2n) is 5.21. The van der Waals surface area contributed by atoms with Gasteiger partial charge in [0.1, 0.15) is 5.82 Å². The molecule has 2 heterocycles. The lowest BCUT2D eigenvalue weighted by Crippen LogP contribution is -2.47. The van der Waals surface area contributed by atoms with Crippen LogP contribution >= 0.6 is 0 Å². The third-order valence-electron chi connectivity index (χ3n) is 3.63. The standard InChI is InChI=1S/C14H26N4O/c1-3-6-17-9-10-19-12(11-17)13(15)14-16-5-8-18(14)7-4-2/h5,8,12-13H,3-4,6-7,9-11,15H2,1-2H3. The second kappa shape index (κ2) is 7.03. The summed E-state index contributed by atoms with van der Waals surface area (Å²) in [7, 11) is 0. The topological polar surface area (TPSA) is 56.3 Å². The van der Waals surface area contributed by atoms with Crippen molar-refractivity contribution >= 4 is 0 Å². The van der Waals surface area contributed by atoms with E-state index in [4.69, 9.17) is 10.5 Å². The first-order chi connectivity index (χ1) is 9.26. The Bertz CT molecular complexity index is 377. The summed E-state index contributed by atoms with van der Waals surface area (Å²) in [5.74, 6) is 0.949. The van der Waals surface area contributed by atoms with E-state index in [9.17, 15) is 0 Å². The highest BCUT2D eigenvalue weighted by atomic mass is 16.5. The van der Waals surface area contributed by atoms with Crippen LogP contribution in [0.2, 0.25) is 0 Å². The number of nitrogens with two attached hydrogens (primary N) is 1. The lowest BCUT2D eigenvalue weighted by atomic mass is 10.1. The third kappa shape index (κ3) is 3.55. The number of rotatable bonds is 6. The van der Waals surface area contributed by atoms with E-state index in [0.29, 0.717) is 0 Å². The van der Waals surface area contributed by atoms with Crippen LogP contribution in [0.1, 0.15) is 38.6 Å². The Kier molecular flexibility index (Phi) is 5.36. The lowest BCUT2D eigenvalue weighted by molar-refractivity contribution is -0.0424. The molecule has 1 aliphatic heterocycles. The summed E-state index contributed by atoms with van der Waals surface area (Å²) in [4.78, 5) is 6.85. The van der Waals surface area contributed by atoms with E-state index in [1.165, 1.54) is 6.42 Å². The lowest BCUT2D eigenvalue weighted by Gasteiger charge is -2.35. The molecule has 2 unspecified atom stereocenters. The molecule has 19 heavy (non-hydrogen) atoms. The zero-order valence-corrected chi connectivity index (χ0v) is 12.1. The number of nitrogens with zero attached hydrogens (tertiary/aromatic N) is 3. The Morgan fingerprint density at radius 2 is 2.21 bits per heavy atom. The van der Waals surface area contributed by atoms with E-state index < -0.39 is 0 Å². The molecule has 1 aliphatic rings. The SMILES string of the molecule is CCCN1CCOC(C(N)c2nccn2CCC)C1. The van der Waals surface area contributed by atoms with Gasteiger partial charge in [-0.2, -0.15) is 0 Å². The number of imidazole rings is 1. The van der Waals surface area contributed by atoms with E-state index in [1.807, 2.05) is 12.4 Å². The van der Waals surface area contributed by atoms with Crippen molar-refractivity contribution in [3.63, 3.8) is 0 Å². The molecule has 1 aromatic heterocycles. The first kappa shape index (κ1) is 14.5. The van der Waals surface area contributed by atoms with E-state index in [2.05, 4.69) is 28.3 Å². The van der Waals surface area contributed by atoms with Crippen LogP contribution in [0.5, 0.6) is 0 Å². The predicted octanol–water partition coefficient (Wildman–Crippen LogP) is 1.40. The number of aryl methyl sites for hydroxylation is 1. The van der Waals surface area contributed by atoms with E-state index in [-0.39, 0.29) is 12.1 Å². The van der Waals surface area contributed by atoms with Crippen LogP contribution in [-0.2, 0) is 11.3 Å². The summed E-state index contributed by atoms with van der Waals surface area (Å²) in [6, 6.07) is -0.138. The zero-order chi connectivity index (χ0) is 13.7.